The Hall–Kier alpha value is -2.54. The normalized spacial score (nSPS) is 17.3. The Bertz CT molecular complexity index is 739. The third-order valence-corrected chi connectivity index (χ3v) is 3.97. The van der Waals surface area contributed by atoms with Gasteiger partial charge in [0.2, 0.25) is 5.91 Å². The predicted molar refractivity (Wildman–Crippen MR) is 87.6 cm³/mol. The highest BCUT2D eigenvalue weighted by atomic mass is 19.4. The largest absolute Gasteiger partial charge is 0.457 e. The van der Waals surface area contributed by atoms with Crippen molar-refractivity contribution in [2.45, 2.75) is 12.6 Å². The maximum atomic E-state index is 13.0. The summed E-state index contributed by atoms with van der Waals surface area (Å²) in [5, 5.41) is 5.92. The summed E-state index contributed by atoms with van der Waals surface area (Å²) in [7, 11) is 0. The van der Waals surface area contributed by atoms with E-state index in [2.05, 4.69) is 10.6 Å². The first-order valence-electron chi connectivity index (χ1n) is 7.89. The fourth-order valence-corrected chi connectivity index (χ4v) is 2.65. The van der Waals surface area contributed by atoms with E-state index >= 15 is 0 Å². The number of hydrogen-bond donors (Lipinski definition) is 2. The lowest BCUT2D eigenvalue weighted by Gasteiger charge is -2.14. The van der Waals surface area contributed by atoms with Crippen LogP contribution in [0.2, 0.25) is 0 Å². The zero-order chi connectivity index (χ0) is 17.9. The molecule has 0 radical (unpaired) electrons. The molecular formula is C18H17F3N2O2. The van der Waals surface area contributed by atoms with E-state index in [-0.39, 0.29) is 23.3 Å². The van der Waals surface area contributed by atoms with Gasteiger partial charge < -0.3 is 15.4 Å². The van der Waals surface area contributed by atoms with Gasteiger partial charge in [-0.3, -0.25) is 4.79 Å². The van der Waals surface area contributed by atoms with Crippen LogP contribution in [0.15, 0.2) is 48.5 Å². The van der Waals surface area contributed by atoms with Crippen molar-refractivity contribution in [2.75, 3.05) is 18.4 Å². The molecule has 132 valence electrons. The van der Waals surface area contributed by atoms with Crippen molar-refractivity contribution in [3.05, 3.63) is 54.1 Å². The zero-order valence-corrected chi connectivity index (χ0v) is 13.3. The molecule has 3 rings (SSSR count). The predicted octanol–water partition coefficient (Wildman–Crippen LogP) is 4.05. The summed E-state index contributed by atoms with van der Waals surface area (Å²) in [5.41, 5.74) is -0.255. The van der Waals surface area contributed by atoms with Crippen LogP contribution in [0.25, 0.3) is 0 Å². The molecular weight excluding hydrogens is 333 g/mol. The lowest BCUT2D eigenvalue weighted by molar-refractivity contribution is -0.138. The lowest BCUT2D eigenvalue weighted by atomic mass is 10.1. The van der Waals surface area contributed by atoms with E-state index in [0.29, 0.717) is 12.2 Å². The first-order chi connectivity index (χ1) is 11.9. The highest BCUT2D eigenvalue weighted by Gasteiger charge is 2.34. The Morgan fingerprint density at radius 3 is 2.48 bits per heavy atom. The number of carbonyl (C=O) groups is 1. The van der Waals surface area contributed by atoms with Crippen LogP contribution >= 0.6 is 0 Å². The second-order valence-corrected chi connectivity index (χ2v) is 5.80. The van der Waals surface area contributed by atoms with Crippen LogP contribution in [-0.4, -0.2) is 19.0 Å². The number of hydrogen-bond acceptors (Lipinski definition) is 3. The number of amides is 1. The molecule has 4 nitrogen and oxygen atoms in total. The van der Waals surface area contributed by atoms with Gasteiger partial charge in [0.15, 0.2) is 0 Å². The first-order valence-corrected chi connectivity index (χ1v) is 7.89. The summed E-state index contributed by atoms with van der Waals surface area (Å²) < 4.78 is 44.3. The molecule has 1 heterocycles. The van der Waals surface area contributed by atoms with Crippen LogP contribution in [-0.2, 0) is 11.0 Å². The number of alkyl halides is 3. The molecule has 1 fully saturated rings. The number of benzene rings is 2. The standard InChI is InChI=1S/C18H17F3N2O2/c19-18(20,21)15-3-1-2-4-16(15)25-14-7-5-13(6-8-14)23-17(24)12-9-10-22-11-12/h1-8,12,22H,9-11H2,(H,23,24). The quantitative estimate of drug-likeness (QED) is 0.875. The highest BCUT2D eigenvalue weighted by molar-refractivity contribution is 5.92. The molecule has 0 spiro atoms. The van der Waals surface area contributed by atoms with Crippen molar-refractivity contribution in [1.82, 2.24) is 5.32 Å². The summed E-state index contributed by atoms with van der Waals surface area (Å²) in [6.07, 6.45) is -3.69. The molecule has 1 aliphatic rings. The van der Waals surface area contributed by atoms with Gasteiger partial charge in [-0.1, -0.05) is 12.1 Å². The van der Waals surface area contributed by atoms with Crippen LogP contribution in [0.3, 0.4) is 0 Å². The average Bonchev–Trinajstić information content (AvgIpc) is 3.11. The number of carbonyl (C=O) groups excluding carboxylic acids is 1. The summed E-state index contributed by atoms with van der Waals surface area (Å²) in [4.78, 5) is 12.0. The molecule has 1 amide bonds. The smallest absolute Gasteiger partial charge is 0.419 e. The van der Waals surface area contributed by atoms with E-state index in [0.717, 1.165) is 19.0 Å². The Balaban J connectivity index is 1.68. The van der Waals surface area contributed by atoms with E-state index in [4.69, 9.17) is 4.74 Å². The number of ether oxygens (including phenoxy) is 1. The molecule has 1 atom stereocenters. The van der Waals surface area contributed by atoms with Crippen molar-refractivity contribution >= 4 is 11.6 Å². The molecule has 0 saturated carbocycles. The minimum absolute atomic E-state index is 0.0606. The summed E-state index contributed by atoms with van der Waals surface area (Å²) in [6, 6.07) is 11.3. The van der Waals surface area contributed by atoms with E-state index in [1.807, 2.05) is 0 Å². The van der Waals surface area contributed by atoms with Gasteiger partial charge in [0.1, 0.15) is 11.5 Å². The van der Waals surface area contributed by atoms with Crippen LogP contribution in [0.5, 0.6) is 11.5 Å². The van der Waals surface area contributed by atoms with Crippen LogP contribution < -0.4 is 15.4 Å². The second kappa shape index (κ2) is 7.14. The van der Waals surface area contributed by atoms with Gasteiger partial charge in [0.05, 0.1) is 11.5 Å². The molecule has 0 aliphatic carbocycles. The van der Waals surface area contributed by atoms with Crippen molar-refractivity contribution in [2.24, 2.45) is 5.92 Å². The number of halogens is 3. The maximum absolute atomic E-state index is 13.0. The molecule has 2 aromatic rings. The number of anilines is 1. The summed E-state index contributed by atoms with van der Waals surface area (Å²) in [5.74, 6) is -0.128. The van der Waals surface area contributed by atoms with Crippen LogP contribution in [0.4, 0.5) is 18.9 Å². The Morgan fingerprint density at radius 2 is 1.84 bits per heavy atom. The third kappa shape index (κ3) is 4.30. The molecule has 0 bridgehead atoms. The summed E-state index contributed by atoms with van der Waals surface area (Å²) in [6.45, 7) is 1.48. The van der Waals surface area contributed by atoms with Gasteiger partial charge in [-0.05, 0) is 49.4 Å². The Labute approximate surface area is 143 Å². The fourth-order valence-electron chi connectivity index (χ4n) is 2.65. The molecule has 7 heteroatoms. The van der Waals surface area contributed by atoms with E-state index in [1.165, 1.54) is 30.3 Å². The number of para-hydroxylation sites is 1. The molecule has 1 unspecified atom stereocenters. The monoisotopic (exact) mass is 350 g/mol. The molecule has 25 heavy (non-hydrogen) atoms. The van der Waals surface area contributed by atoms with Crippen molar-refractivity contribution in [3.63, 3.8) is 0 Å². The van der Waals surface area contributed by atoms with Crippen LogP contribution in [0.1, 0.15) is 12.0 Å². The van der Waals surface area contributed by atoms with E-state index in [9.17, 15) is 18.0 Å². The summed E-state index contributed by atoms with van der Waals surface area (Å²) >= 11 is 0. The number of rotatable bonds is 4. The van der Waals surface area contributed by atoms with Gasteiger partial charge in [0.25, 0.3) is 0 Å². The van der Waals surface area contributed by atoms with Crippen LogP contribution in [0, 0.1) is 5.92 Å². The van der Waals surface area contributed by atoms with Gasteiger partial charge >= 0.3 is 6.18 Å². The third-order valence-electron chi connectivity index (χ3n) is 3.97. The average molecular weight is 350 g/mol. The molecule has 0 aromatic heterocycles. The minimum atomic E-state index is -4.49. The van der Waals surface area contributed by atoms with Crippen molar-refractivity contribution in [3.8, 4) is 11.5 Å². The Kier molecular flexibility index (Phi) is 4.94. The maximum Gasteiger partial charge on any atom is 0.419 e. The minimum Gasteiger partial charge on any atom is -0.457 e. The van der Waals surface area contributed by atoms with E-state index in [1.54, 1.807) is 12.1 Å². The first kappa shape index (κ1) is 17.3. The van der Waals surface area contributed by atoms with E-state index < -0.39 is 11.7 Å². The lowest BCUT2D eigenvalue weighted by Crippen LogP contribution is -2.24. The van der Waals surface area contributed by atoms with Gasteiger partial charge in [-0.2, -0.15) is 13.2 Å². The molecule has 2 N–H and O–H groups in total. The molecule has 1 saturated heterocycles. The molecule has 1 aliphatic heterocycles. The topological polar surface area (TPSA) is 50.4 Å². The highest BCUT2D eigenvalue weighted by Crippen LogP contribution is 2.37. The SMILES string of the molecule is O=C(Nc1ccc(Oc2ccccc2C(F)(F)F)cc1)C1CCNC1. The van der Waals surface area contributed by atoms with Crippen molar-refractivity contribution in [1.29, 1.82) is 0 Å². The zero-order valence-electron chi connectivity index (χ0n) is 13.3. The second-order valence-electron chi connectivity index (χ2n) is 5.80. The van der Waals surface area contributed by atoms with Crippen molar-refractivity contribution < 1.29 is 22.7 Å². The fraction of sp³-hybridized carbons (Fsp3) is 0.278. The van der Waals surface area contributed by atoms with Gasteiger partial charge in [0, 0.05) is 12.2 Å². The molecule has 2 aromatic carbocycles. The van der Waals surface area contributed by atoms with Gasteiger partial charge in [-0.25, -0.2) is 0 Å². The number of nitrogens with one attached hydrogen (secondary N) is 2. The van der Waals surface area contributed by atoms with Gasteiger partial charge in [-0.15, -0.1) is 0 Å². The Morgan fingerprint density at radius 1 is 1.12 bits per heavy atom.